The van der Waals surface area contributed by atoms with Crippen molar-refractivity contribution in [2.24, 2.45) is 0 Å². The molecular formula is C24H36FN3O5. The summed E-state index contributed by atoms with van der Waals surface area (Å²) < 4.78 is 29.9. The number of likely N-dealkylation sites (N-methyl/N-ethyl adjacent to an activating group) is 1. The van der Waals surface area contributed by atoms with Crippen LogP contribution in [-0.2, 0) is 14.3 Å². The molecule has 9 heteroatoms. The molecule has 1 fully saturated rings. The van der Waals surface area contributed by atoms with E-state index in [1.807, 2.05) is 38.9 Å². The van der Waals surface area contributed by atoms with Gasteiger partial charge in [0, 0.05) is 38.2 Å². The van der Waals surface area contributed by atoms with E-state index in [-0.39, 0.29) is 30.4 Å². The van der Waals surface area contributed by atoms with Crippen LogP contribution in [0.1, 0.15) is 31.7 Å². The van der Waals surface area contributed by atoms with Gasteiger partial charge in [-0.15, -0.1) is 0 Å². The Kier molecular flexibility index (Phi) is 11.1. The normalized spacial score (nSPS) is 16.1. The fraction of sp³-hybridized carbons (Fsp3) is 0.583. The lowest BCUT2D eigenvalue weighted by atomic mass is 10.0. The smallest absolute Gasteiger partial charge is 0.407 e. The number of amides is 2. The molecule has 2 rings (SSSR count). The third kappa shape index (κ3) is 9.79. The highest BCUT2D eigenvalue weighted by Gasteiger charge is 2.27. The molecule has 2 amide bonds. The minimum Gasteiger partial charge on any atom is -0.491 e. The zero-order valence-electron chi connectivity index (χ0n) is 20.0. The summed E-state index contributed by atoms with van der Waals surface area (Å²) in [6, 6.07) is 4.53. The first-order chi connectivity index (χ1) is 15.8. The first-order valence-corrected chi connectivity index (χ1v) is 11.3. The Morgan fingerprint density at radius 1 is 1.27 bits per heavy atom. The van der Waals surface area contributed by atoms with Gasteiger partial charge >= 0.3 is 6.09 Å². The fourth-order valence-electron chi connectivity index (χ4n) is 3.34. The lowest BCUT2D eigenvalue weighted by Crippen LogP contribution is -2.34. The van der Waals surface area contributed by atoms with Crippen LogP contribution in [0.15, 0.2) is 30.4 Å². The molecule has 0 spiro atoms. The van der Waals surface area contributed by atoms with Gasteiger partial charge in [0.05, 0.1) is 19.8 Å². The van der Waals surface area contributed by atoms with E-state index in [4.69, 9.17) is 14.2 Å². The molecule has 0 saturated carbocycles. The largest absolute Gasteiger partial charge is 0.491 e. The van der Waals surface area contributed by atoms with Crippen LogP contribution in [0.4, 0.5) is 9.18 Å². The second-order valence-electron chi connectivity index (χ2n) is 8.49. The van der Waals surface area contributed by atoms with E-state index < -0.39 is 6.09 Å². The van der Waals surface area contributed by atoms with Crippen LogP contribution in [-0.4, -0.2) is 88.0 Å². The van der Waals surface area contributed by atoms with Gasteiger partial charge in [-0.05, 0) is 31.6 Å². The summed E-state index contributed by atoms with van der Waals surface area (Å²) >= 11 is 0. The zero-order valence-corrected chi connectivity index (χ0v) is 20.0. The Morgan fingerprint density at radius 2 is 2.06 bits per heavy atom. The van der Waals surface area contributed by atoms with Gasteiger partial charge in [0.15, 0.2) is 0 Å². The van der Waals surface area contributed by atoms with Gasteiger partial charge < -0.3 is 29.3 Å². The summed E-state index contributed by atoms with van der Waals surface area (Å²) in [6.07, 6.45) is 3.15. The van der Waals surface area contributed by atoms with E-state index >= 15 is 0 Å². The van der Waals surface area contributed by atoms with E-state index in [9.17, 15) is 14.0 Å². The fourth-order valence-corrected chi connectivity index (χ4v) is 3.34. The number of ether oxygens (including phenoxy) is 3. The van der Waals surface area contributed by atoms with Crippen molar-refractivity contribution in [3.63, 3.8) is 0 Å². The molecule has 1 aliphatic rings. The minimum absolute atomic E-state index is 0.0715. The molecule has 1 saturated heterocycles. The number of nitrogens with zero attached hydrogens (tertiary/aromatic N) is 2. The average Bonchev–Trinajstić information content (AvgIpc) is 3.21. The van der Waals surface area contributed by atoms with Crippen LogP contribution in [0.2, 0.25) is 0 Å². The van der Waals surface area contributed by atoms with Crippen molar-refractivity contribution in [2.45, 2.75) is 32.3 Å². The summed E-state index contributed by atoms with van der Waals surface area (Å²) in [5.41, 5.74) is 0.942. The molecule has 1 N–H and O–H groups in total. The second-order valence-corrected chi connectivity index (χ2v) is 8.49. The molecule has 1 atom stereocenters. The number of benzene rings is 1. The Balaban J connectivity index is 1.56. The number of halogens is 1. The Bertz CT molecular complexity index is 800. The van der Waals surface area contributed by atoms with Crippen LogP contribution >= 0.6 is 0 Å². The van der Waals surface area contributed by atoms with Crippen LogP contribution in [0.5, 0.6) is 5.75 Å². The maximum absolute atomic E-state index is 13.5. The number of hydrogen-bond donors (Lipinski definition) is 1. The lowest BCUT2D eigenvalue weighted by molar-refractivity contribution is -0.125. The van der Waals surface area contributed by atoms with Gasteiger partial charge in [-0.3, -0.25) is 4.79 Å². The molecule has 184 valence electrons. The Labute approximate surface area is 195 Å². The van der Waals surface area contributed by atoms with Gasteiger partial charge in [0.1, 0.15) is 24.3 Å². The van der Waals surface area contributed by atoms with Gasteiger partial charge in [-0.25, -0.2) is 9.18 Å². The number of likely N-dealkylation sites (tertiary alicyclic amines) is 1. The number of alkyl carbamates (subject to hydrolysis) is 1. The average molecular weight is 466 g/mol. The summed E-state index contributed by atoms with van der Waals surface area (Å²) in [6.45, 7) is 6.87. The van der Waals surface area contributed by atoms with E-state index in [0.717, 1.165) is 5.56 Å². The number of nitrogens with one attached hydrogen (secondary N) is 1. The van der Waals surface area contributed by atoms with Gasteiger partial charge in [-0.2, -0.15) is 0 Å². The molecule has 33 heavy (non-hydrogen) atoms. The van der Waals surface area contributed by atoms with E-state index in [2.05, 4.69) is 5.32 Å². The first-order valence-electron chi connectivity index (χ1n) is 11.3. The lowest BCUT2D eigenvalue weighted by Gasteiger charge is -2.16. The number of hydrogen-bond acceptors (Lipinski definition) is 6. The van der Waals surface area contributed by atoms with Crippen LogP contribution < -0.4 is 10.1 Å². The predicted molar refractivity (Wildman–Crippen MR) is 124 cm³/mol. The second kappa shape index (κ2) is 13.8. The van der Waals surface area contributed by atoms with E-state index in [1.54, 1.807) is 17.0 Å². The monoisotopic (exact) mass is 465 g/mol. The summed E-state index contributed by atoms with van der Waals surface area (Å²) in [4.78, 5) is 27.7. The zero-order chi connectivity index (χ0) is 24.2. The topological polar surface area (TPSA) is 80.3 Å². The molecule has 1 heterocycles. The van der Waals surface area contributed by atoms with Crippen LogP contribution in [0.25, 0.3) is 0 Å². The quantitative estimate of drug-likeness (QED) is 0.378. The summed E-state index contributed by atoms with van der Waals surface area (Å²) in [5.74, 6) is 0.334. The minimum atomic E-state index is -0.529. The van der Waals surface area contributed by atoms with Crippen molar-refractivity contribution >= 4 is 12.0 Å². The number of rotatable bonds is 12. The molecule has 1 unspecified atom stereocenters. The summed E-state index contributed by atoms with van der Waals surface area (Å²) in [7, 11) is 3.86. The molecule has 1 aromatic carbocycles. The highest BCUT2D eigenvalue weighted by molar-refractivity contribution is 5.87. The third-order valence-electron chi connectivity index (χ3n) is 5.06. The Hall–Kier alpha value is -2.65. The first kappa shape index (κ1) is 26.6. The SMILES string of the molecule is CC(C)c1ccc(F)cc1OCCOCCNC(=O)OC1CCN(C(=O)/C=C/CN(C)C)C1. The third-order valence-corrected chi connectivity index (χ3v) is 5.06. The van der Waals surface area contributed by atoms with Crippen molar-refractivity contribution in [3.8, 4) is 5.75 Å². The molecule has 0 radical (unpaired) electrons. The number of carbonyl (C=O) groups excluding carboxylic acids is 2. The van der Waals surface area contributed by atoms with Crippen molar-refractivity contribution in [1.29, 1.82) is 0 Å². The number of carbonyl (C=O) groups is 2. The Morgan fingerprint density at radius 3 is 2.79 bits per heavy atom. The van der Waals surface area contributed by atoms with Crippen LogP contribution in [0.3, 0.4) is 0 Å². The summed E-state index contributed by atoms with van der Waals surface area (Å²) in [5, 5.41) is 2.64. The van der Waals surface area contributed by atoms with Crippen molar-refractivity contribution < 1.29 is 28.2 Å². The van der Waals surface area contributed by atoms with Crippen LogP contribution in [0, 0.1) is 5.82 Å². The molecule has 0 aromatic heterocycles. The molecule has 1 aromatic rings. The van der Waals surface area contributed by atoms with Crippen molar-refractivity contribution in [2.75, 3.05) is 60.1 Å². The standard InChI is InChI=1S/C24H36FN3O5/c1-18(2)21-8-7-19(25)16-22(21)32-15-14-31-13-10-26-24(30)33-20-9-12-28(17-20)23(29)6-5-11-27(3)4/h5-8,16,18,20H,9-15,17H2,1-4H3,(H,26,30)/b6-5+. The van der Waals surface area contributed by atoms with E-state index in [1.165, 1.54) is 12.1 Å². The molecule has 8 nitrogen and oxygen atoms in total. The molecule has 0 aliphatic carbocycles. The maximum Gasteiger partial charge on any atom is 0.407 e. The molecule has 0 bridgehead atoms. The van der Waals surface area contributed by atoms with Gasteiger partial charge in [-0.1, -0.05) is 26.0 Å². The van der Waals surface area contributed by atoms with Crippen molar-refractivity contribution in [1.82, 2.24) is 15.1 Å². The predicted octanol–water partition coefficient (Wildman–Crippen LogP) is 2.79. The van der Waals surface area contributed by atoms with Gasteiger partial charge in [0.2, 0.25) is 5.91 Å². The van der Waals surface area contributed by atoms with E-state index in [0.29, 0.717) is 51.6 Å². The van der Waals surface area contributed by atoms with Crippen molar-refractivity contribution in [3.05, 3.63) is 41.7 Å². The highest BCUT2D eigenvalue weighted by Crippen LogP contribution is 2.27. The highest BCUT2D eigenvalue weighted by atomic mass is 19.1. The molecular weight excluding hydrogens is 429 g/mol. The molecule has 1 aliphatic heterocycles. The van der Waals surface area contributed by atoms with Gasteiger partial charge in [0.25, 0.3) is 0 Å². The maximum atomic E-state index is 13.5.